The molecule has 0 spiro atoms. The average molecular weight is 581 g/mol. The molecule has 0 heterocycles. The van der Waals surface area contributed by atoms with E-state index in [1.54, 1.807) is 12.1 Å². The third-order valence-corrected chi connectivity index (χ3v) is 6.68. The highest BCUT2D eigenvalue weighted by atomic mass is 127. The number of hydrogen-bond donors (Lipinski definition) is 1. The molecule has 0 atom stereocenters. The maximum absolute atomic E-state index is 12.0. The van der Waals surface area contributed by atoms with E-state index in [0.29, 0.717) is 5.56 Å². The molecule has 17 heavy (non-hydrogen) atoms. The lowest BCUT2D eigenvalue weighted by Gasteiger charge is -2.09. The van der Waals surface area contributed by atoms with E-state index in [1.807, 2.05) is 5.32 Å². The number of carbonyl (C=O) groups is 1. The van der Waals surface area contributed by atoms with Gasteiger partial charge in [-0.05, 0) is 85.5 Å². The molecule has 0 unspecified atom stereocenters. The van der Waals surface area contributed by atoms with E-state index >= 15 is 0 Å². The van der Waals surface area contributed by atoms with Gasteiger partial charge in [0.25, 0.3) is 0 Å². The topological polar surface area (TPSA) is 29.1 Å². The summed E-state index contributed by atoms with van der Waals surface area (Å²) in [4.78, 5) is 10.6. The monoisotopic (exact) mass is 581 g/mol. The van der Waals surface area contributed by atoms with E-state index in [-0.39, 0.29) is 6.54 Å². The van der Waals surface area contributed by atoms with Gasteiger partial charge in [-0.25, -0.2) is 0 Å². The molecule has 1 rings (SSSR count). The van der Waals surface area contributed by atoms with Crippen LogP contribution in [0, 0.1) is 10.7 Å². The second-order valence-corrected chi connectivity index (χ2v) is 6.46. The molecule has 0 fully saturated rings. The van der Waals surface area contributed by atoms with Crippen molar-refractivity contribution in [1.29, 1.82) is 0 Å². The third-order valence-electron chi connectivity index (χ3n) is 1.75. The number of rotatable bonds is 2. The molecule has 0 saturated heterocycles. The number of halogens is 6. The van der Waals surface area contributed by atoms with Gasteiger partial charge in [-0.15, -0.1) is 0 Å². The van der Waals surface area contributed by atoms with Crippen LogP contribution in [0.2, 0.25) is 0 Å². The summed E-state index contributed by atoms with van der Waals surface area (Å²) in [5.74, 6) is -1.92. The first-order valence-electron chi connectivity index (χ1n) is 4.20. The lowest BCUT2D eigenvalue weighted by Crippen LogP contribution is -2.36. The zero-order valence-corrected chi connectivity index (χ0v) is 14.5. The Morgan fingerprint density at radius 3 is 2.06 bits per heavy atom. The van der Waals surface area contributed by atoms with Crippen molar-refractivity contribution in [3.05, 3.63) is 28.4 Å². The van der Waals surface area contributed by atoms with Crippen LogP contribution in [-0.2, 0) is 11.3 Å². The van der Waals surface area contributed by atoms with E-state index in [4.69, 9.17) is 0 Å². The Hall–Kier alpha value is 0.670. The summed E-state index contributed by atoms with van der Waals surface area (Å²) < 4.78 is 38.8. The summed E-state index contributed by atoms with van der Waals surface area (Å²) in [7, 11) is 0. The van der Waals surface area contributed by atoms with Crippen LogP contribution in [0.5, 0.6) is 0 Å². The maximum Gasteiger partial charge on any atom is 0.471 e. The number of benzene rings is 1. The minimum Gasteiger partial charge on any atom is -0.344 e. The molecule has 1 amide bonds. The van der Waals surface area contributed by atoms with Crippen LogP contribution in [0.4, 0.5) is 13.2 Å². The molecule has 94 valence electrons. The van der Waals surface area contributed by atoms with Crippen LogP contribution in [0.3, 0.4) is 0 Å². The van der Waals surface area contributed by atoms with E-state index < -0.39 is 12.1 Å². The molecule has 1 aromatic carbocycles. The van der Waals surface area contributed by atoms with E-state index in [0.717, 1.165) is 10.7 Å². The molecule has 1 N–H and O–H groups in total. The average Bonchev–Trinajstić information content (AvgIpc) is 2.20. The van der Waals surface area contributed by atoms with Crippen LogP contribution in [-0.4, -0.2) is 12.1 Å². The van der Waals surface area contributed by atoms with Gasteiger partial charge in [0.1, 0.15) is 0 Å². The first-order valence-corrected chi connectivity index (χ1v) is 7.44. The molecule has 0 saturated carbocycles. The maximum atomic E-state index is 12.0. The molecule has 0 aliphatic rings. The van der Waals surface area contributed by atoms with Gasteiger partial charge in [0.2, 0.25) is 0 Å². The van der Waals surface area contributed by atoms with Gasteiger partial charge < -0.3 is 5.32 Å². The standard InChI is InChI=1S/C9H5F3I3NO/c10-9(11,12)8(17)16-3-4-1-5(13)7(15)6(14)2-4/h1-2H,3H2,(H,16,17). The summed E-state index contributed by atoms with van der Waals surface area (Å²) in [6.45, 7) is -0.124. The highest BCUT2D eigenvalue weighted by Crippen LogP contribution is 2.23. The molecular formula is C9H5F3I3NO. The number of amides is 1. The van der Waals surface area contributed by atoms with Gasteiger partial charge in [-0.2, -0.15) is 13.2 Å². The highest BCUT2D eigenvalue weighted by molar-refractivity contribution is 14.1. The molecule has 0 bridgehead atoms. The van der Waals surface area contributed by atoms with E-state index in [1.165, 1.54) is 0 Å². The molecule has 0 aliphatic carbocycles. The lowest BCUT2D eigenvalue weighted by atomic mass is 10.2. The van der Waals surface area contributed by atoms with Crippen LogP contribution in [0.25, 0.3) is 0 Å². The van der Waals surface area contributed by atoms with Crippen molar-refractivity contribution in [3.63, 3.8) is 0 Å². The molecule has 1 aromatic rings. The fourth-order valence-electron chi connectivity index (χ4n) is 0.993. The van der Waals surface area contributed by atoms with Crippen LogP contribution < -0.4 is 5.32 Å². The Kier molecular flexibility index (Phi) is 5.75. The normalized spacial score (nSPS) is 11.4. The predicted molar refractivity (Wildman–Crippen MR) is 82.5 cm³/mol. The van der Waals surface area contributed by atoms with Crippen molar-refractivity contribution >= 4 is 73.7 Å². The van der Waals surface area contributed by atoms with E-state index in [9.17, 15) is 18.0 Å². The van der Waals surface area contributed by atoms with Gasteiger partial charge in [0, 0.05) is 17.3 Å². The van der Waals surface area contributed by atoms with Crippen molar-refractivity contribution in [1.82, 2.24) is 5.32 Å². The van der Waals surface area contributed by atoms with Gasteiger partial charge in [0.05, 0.1) is 0 Å². The van der Waals surface area contributed by atoms with Gasteiger partial charge in [-0.3, -0.25) is 4.79 Å². The minimum absolute atomic E-state index is 0.124. The van der Waals surface area contributed by atoms with Crippen molar-refractivity contribution in [2.24, 2.45) is 0 Å². The Labute approximate surface area is 137 Å². The first kappa shape index (κ1) is 15.7. The van der Waals surface area contributed by atoms with Crippen LogP contribution in [0.15, 0.2) is 12.1 Å². The Morgan fingerprint density at radius 2 is 1.65 bits per heavy atom. The minimum atomic E-state index is -4.83. The quantitative estimate of drug-likeness (QED) is 0.420. The second-order valence-electron chi connectivity index (χ2n) is 3.05. The van der Waals surface area contributed by atoms with Gasteiger partial charge >= 0.3 is 12.1 Å². The summed E-state index contributed by atoms with van der Waals surface area (Å²) in [5, 5.41) is 1.84. The molecule has 2 nitrogen and oxygen atoms in total. The van der Waals surface area contributed by atoms with E-state index in [2.05, 4.69) is 67.8 Å². The van der Waals surface area contributed by atoms with Crippen molar-refractivity contribution in [3.8, 4) is 0 Å². The summed E-state index contributed by atoms with van der Waals surface area (Å²) in [5.41, 5.74) is 0.650. The van der Waals surface area contributed by atoms with Gasteiger partial charge in [0.15, 0.2) is 0 Å². The fraction of sp³-hybridized carbons (Fsp3) is 0.222. The zero-order valence-electron chi connectivity index (χ0n) is 8.04. The van der Waals surface area contributed by atoms with Gasteiger partial charge in [-0.1, -0.05) is 0 Å². The van der Waals surface area contributed by atoms with Crippen molar-refractivity contribution < 1.29 is 18.0 Å². The summed E-state index contributed by atoms with van der Waals surface area (Å²) >= 11 is 6.36. The Balaban J connectivity index is 2.74. The number of nitrogens with one attached hydrogen (secondary N) is 1. The number of carbonyl (C=O) groups excluding carboxylic acids is 1. The highest BCUT2D eigenvalue weighted by Gasteiger charge is 2.38. The summed E-state index contributed by atoms with van der Waals surface area (Å²) in [6, 6.07) is 3.50. The smallest absolute Gasteiger partial charge is 0.344 e. The second kappa shape index (κ2) is 6.21. The van der Waals surface area contributed by atoms with Crippen LogP contribution >= 0.6 is 67.8 Å². The SMILES string of the molecule is O=C(NCc1cc(I)c(I)c(I)c1)C(F)(F)F. The predicted octanol–water partition coefficient (Wildman–Crippen LogP) is 3.68. The Bertz CT molecular complexity index is 425. The number of alkyl halides is 3. The molecule has 0 radical (unpaired) electrons. The van der Waals surface area contributed by atoms with Crippen LogP contribution in [0.1, 0.15) is 5.56 Å². The molecule has 0 aliphatic heterocycles. The molecule has 8 heteroatoms. The fourth-order valence-corrected chi connectivity index (χ4v) is 3.20. The van der Waals surface area contributed by atoms with Crippen molar-refractivity contribution in [2.75, 3.05) is 0 Å². The number of hydrogen-bond acceptors (Lipinski definition) is 1. The Morgan fingerprint density at radius 1 is 1.18 bits per heavy atom. The molecule has 0 aromatic heterocycles. The third kappa shape index (κ3) is 4.69. The summed E-state index contributed by atoms with van der Waals surface area (Å²) in [6.07, 6.45) is -4.83. The van der Waals surface area contributed by atoms with Crippen molar-refractivity contribution in [2.45, 2.75) is 12.7 Å². The lowest BCUT2D eigenvalue weighted by molar-refractivity contribution is -0.173. The molecular weight excluding hydrogens is 576 g/mol. The zero-order chi connectivity index (χ0) is 13.2. The largest absolute Gasteiger partial charge is 0.471 e. The first-order chi connectivity index (χ1) is 7.71.